The number of rotatable bonds is 2. The van der Waals surface area contributed by atoms with E-state index >= 15 is 0 Å². The zero-order valence-corrected chi connectivity index (χ0v) is 8.79. The van der Waals surface area contributed by atoms with Crippen LogP contribution < -0.4 is 5.73 Å². The third-order valence-corrected chi connectivity index (χ3v) is 2.26. The summed E-state index contributed by atoms with van der Waals surface area (Å²) in [6.07, 6.45) is 0. The lowest BCUT2D eigenvalue weighted by atomic mass is 10.2. The Kier molecular flexibility index (Phi) is 2.74. The predicted molar refractivity (Wildman–Crippen MR) is 59.3 cm³/mol. The van der Waals surface area contributed by atoms with Gasteiger partial charge in [0.1, 0.15) is 0 Å². The standard InChI is InChI=1S/C10H12N4O2/c1-16-6-8-7-4-2-3-5-9(7)14(12-8)10(11)13-15/h2-5,15H,6H2,1H3,(H2,11,13). The molecule has 1 aromatic carbocycles. The van der Waals surface area contributed by atoms with Crippen LogP contribution in [0.2, 0.25) is 0 Å². The number of aromatic nitrogens is 2. The first-order chi connectivity index (χ1) is 7.77. The Labute approximate surface area is 91.9 Å². The van der Waals surface area contributed by atoms with Crippen molar-refractivity contribution in [2.24, 2.45) is 10.9 Å². The average molecular weight is 220 g/mol. The normalized spacial score (nSPS) is 12.2. The number of fused-ring (bicyclic) bond motifs is 1. The fraction of sp³-hybridized carbons (Fsp3) is 0.200. The monoisotopic (exact) mass is 220 g/mol. The fourth-order valence-electron chi connectivity index (χ4n) is 1.59. The number of methoxy groups -OCH3 is 1. The van der Waals surface area contributed by atoms with Gasteiger partial charge >= 0.3 is 0 Å². The fourth-order valence-corrected chi connectivity index (χ4v) is 1.59. The van der Waals surface area contributed by atoms with Crippen LogP contribution in [0, 0.1) is 0 Å². The van der Waals surface area contributed by atoms with E-state index in [4.69, 9.17) is 15.7 Å². The lowest BCUT2D eigenvalue weighted by Gasteiger charge is -1.98. The molecule has 2 aromatic rings. The molecule has 6 heteroatoms. The van der Waals surface area contributed by atoms with Crippen LogP contribution >= 0.6 is 0 Å². The first-order valence-electron chi connectivity index (χ1n) is 4.71. The molecular formula is C10H12N4O2. The highest BCUT2D eigenvalue weighted by Crippen LogP contribution is 2.18. The summed E-state index contributed by atoms with van der Waals surface area (Å²) in [7, 11) is 1.59. The molecule has 0 aliphatic heterocycles. The topological polar surface area (TPSA) is 85.7 Å². The molecule has 0 atom stereocenters. The van der Waals surface area contributed by atoms with Crippen molar-refractivity contribution in [3.05, 3.63) is 30.0 Å². The lowest BCUT2D eigenvalue weighted by molar-refractivity contribution is 0.182. The van der Waals surface area contributed by atoms with Crippen molar-refractivity contribution in [1.82, 2.24) is 9.78 Å². The summed E-state index contributed by atoms with van der Waals surface area (Å²) in [6, 6.07) is 7.53. The van der Waals surface area contributed by atoms with Crippen LogP contribution in [0.3, 0.4) is 0 Å². The van der Waals surface area contributed by atoms with E-state index in [0.717, 1.165) is 16.6 Å². The van der Waals surface area contributed by atoms with Crippen molar-refractivity contribution in [2.75, 3.05) is 7.11 Å². The summed E-state index contributed by atoms with van der Waals surface area (Å²) >= 11 is 0. The minimum absolute atomic E-state index is 0.0708. The molecule has 0 unspecified atom stereocenters. The van der Waals surface area contributed by atoms with Crippen molar-refractivity contribution in [3.8, 4) is 0 Å². The van der Waals surface area contributed by atoms with E-state index in [0.29, 0.717) is 6.61 Å². The molecule has 0 fully saturated rings. The van der Waals surface area contributed by atoms with Gasteiger partial charge in [0.05, 0.1) is 17.8 Å². The molecule has 0 amide bonds. The van der Waals surface area contributed by atoms with Gasteiger partial charge < -0.3 is 15.7 Å². The molecule has 6 nitrogen and oxygen atoms in total. The van der Waals surface area contributed by atoms with Crippen molar-refractivity contribution in [2.45, 2.75) is 6.61 Å². The number of hydrogen-bond acceptors (Lipinski definition) is 4. The van der Waals surface area contributed by atoms with E-state index in [2.05, 4.69) is 10.3 Å². The molecule has 0 saturated carbocycles. The molecule has 3 N–H and O–H groups in total. The predicted octanol–water partition coefficient (Wildman–Crippen LogP) is 0.735. The molecular weight excluding hydrogens is 208 g/mol. The van der Waals surface area contributed by atoms with E-state index in [9.17, 15) is 0 Å². The highest BCUT2D eigenvalue weighted by molar-refractivity contribution is 5.92. The first-order valence-corrected chi connectivity index (χ1v) is 4.71. The van der Waals surface area contributed by atoms with Crippen LogP contribution in [-0.2, 0) is 11.3 Å². The Bertz CT molecular complexity index is 533. The van der Waals surface area contributed by atoms with E-state index in [1.807, 2.05) is 24.3 Å². The highest BCUT2D eigenvalue weighted by atomic mass is 16.5. The molecule has 1 heterocycles. The Morgan fingerprint density at radius 3 is 3.00 bits per heavy atom. The van der Waals surface area contributed by atoms with E-state index in [1.54, 1.807) is 7.11 Å². The molecule has 0 saturated heterocycles. The minimum atomic E-state index is -0.0708. The molecule has 16 heavy (non-hydrogen) atoms. The Balaban J connectivity index is 2.66. The highest BCUT2D eigenvalue weighted by Gasteiger charge is 2.11. The number of para-hydroxylation sites is 1. The number of ether oxygens (including phenoxy) is 1. The number of hydrogen-bond donors (Lipinski definition) is 2. The quantitative estimate of drug-likeness (QED) is 0.338. The van der Waals surface area contributed by atoms with Gasteiger partial charge in [-0.05, 0) is 11.2 Å². The van der Waals surface area contributed by atoms with E-state index in [-0.39, 0.29) is 5.96 Å². The van der Waals surface area contributed by atoms with Crippen LogP contribution in [0.4, 0.5) is 0 Å². The molecule has 0 spiro atoms. The molecule has 84 valence electrons. The second-order valence-corrected chi connectivity index (χ2v) is 3.27. The summed E-state index contributed by atoms with van der Waals surface area (Å²) in [5.74, 6) is -0.0708. The molecule has 2 rings (SSSR count). The van der Waals surface area contributed by atoms with Crippen LogP contribution in [0.1, 0.15) is 5.69 Å². The number of nitrogens with zero attached hydrogens (tertiary/aromatic N) is 3. The van der Waals surface area contributed by atoms with Crippen LogP contribution in [-0.4, -0.2) is 28.1 Å². The lowest BCUT2D eigenvalue weighted by Crippen LogP contribution is -2.23. The third-order valence-electron chi connectivity index (χ3n) is 2.26. The van der Waals surface area contributed by atoms with Crippen molar-refractivity contribution in [1.29, 1.82) is 0 Å². The van der Waals surface area contributed by atoms with Gasteiger partial charge in [-0.15, -0.1) is 0 Å². The SMILES string of the molecule is COCc1nn(/C(N)=N/O)c2ccccc12. The molecule has 0 aliphatic carbocycles. The van der Waals surface area contributed by atoms with Gasteiger partial charge in [-0.1, -0.05) is 18.2 Å². The van der Waals surface area contributed by atoms with Gasteiger partial charge in [-0.3, -0.25) is 0 Å². The first kappa shape index (κ1) is 10.4. The van der Waals surface area contributed by atoms with Crippen LogP contribution in [0.25, 0.3) is 10.9 Å². The van der Waals surface area contributed by atoms with Gasteiger partial charge in [-0.2, -0.15) is 9.78 Å². The molecule has 0 aliphatic rings. The van der Waals surface area contributed by atoms with Gasteiger partial charge in [0, 0.05) is 12.5 Å². The summed E-state index contributed by atoms with van der Waals surface area (Å²) < 4.78 is 6.42. The second-order valence-electron chi connectivity index (χ2n) is 3.27. The summed E-state index contributed by atoms with van der Waals surface area (Å²) in [5.41, 5.74) is 7.07. The zero-order chi connectivity index (χ0) is 11.5. The Morgan fingerprint density at radius 1 is 1.56 bits per heavy atom. The molecule has 0 bridgehead atoms. The number of oxime groups is 1. The minimum Gasteiger partial charge on any atom is -0.408 e. The molecule has 0 radical (unpaired) electrons. The van der Waals surface area contributed by atoms with Gasteiger partial charge in [0.15, 0.2) is 0 Å². The maximum atomic E-state index is 8.66. The van der Waals surface area contributed by atoms with Crippen LogP contribution in [0.15, 0.2) is 29.4 Å². The van der Waals surface area contributed by atoms with E-state index in [1.165, 1.54) is 4.68 Å². The summed E-state index contributed by atoms with van der Waals surface area (Å²) in [4.78, 5) is 0. The maximum absolute atomic E-state index is 8.66. The Morgan fingerprint density at radius 2 is 2.31 bits per heavy atom. The third kappa shape index (κ3) is 1.59. The summed E-state index contributed by atoms with van der Waals surface area (Å²) in [6.45, 7) is 0.381. The van der Waals surface area contributed by atoms with Crippen LogP contribution in [0.5, 0.6) is 0 Å². The average Bonchev–Trinajstić information content (AvgIpc) is 2.68. The Hall–Kier alpha value is -2.08. The number of nitrogens with two attached hydrogens (primary N) is 1. The van der Waals surface area contributed by atoms with Gasteiger partial charge in [0.2, 0.25) is 0 Å². The smallest absolute Gasteiger partial charge is 0.258 e. The van der Waals surface area contributed by atoms with E-state index < -0.39 is 0 Å². The van der Waals surface area contributed by atoms with Gasteiger partial charge in [-0.25, -0.2) is 0 Å². The summed E-state index contributed by atoms with van der Waals surface area (Å²) in [5, 5.41) is 16.7. The maximum Gasteiger partial charge on any atom is 0.258 e. The molecule has 1 aromatic heterocycles. The van der Waals surface area contributed by atoms with Crippen molar-refractivity contribution >= 4 is 16.9 Å². The second kappa shape index (κ2) is 4.19. The van der Waals surface area contributed by atoms with Crippen molar-refractivity contribution in [3.63, 3.8) is 0 Å². The number of benzene rings is 1. The largest absolute Gasteiger partial charge is 0.408 e. The zero-order valence-electron chi connectivity index (χ0n) is 8.79. The van der Waals surface area contributed by atoms with Gasteiger partial charge in [0.25, 0.3) is 5.96 Å². The van der Waals surface area contributed by atoms with Crippen molar-refractivity contribution < 1.29 is 9.94 Å².